The number of hydrogen-bond acceptors (Lipinski definition) is 2. The van der Waals surface area contributed by atoms with Crippen LogP contribution in [0.25, 0.3) is 0 Å². The highest BCUT2D eigenvalue weighted by atomic mass is 19.1. The topological polar surface area (TPSA) is 21.3 Å². The Labute approximate surface area is 128 Å². The molecule has 0 heterocycles. The molecule has 0 amide bonds. The summed E-state index contributed by atoms with van der Waals surface area (Å²) in [4.78, 5) is 0. The zero-order valence-corrected chi connectivity index (χ0v) is 13.9. The van der Waals surface area contributed by atoms with E-state index in [0.717, 1.165) is 18.4 Å². The zero-order valence-electron chi connectivity index (χ0n) is 13.9. The van der Waals surface area contributed by atoms with Gasteiger partial charge in [-0.25, -0.2) is 4.39 Å². The molecule has 0 aliphatic heterocycles. The molecule has 3 unspecified atom stereocenters. The van der Waals surface area contributed by atoms with Crippen molar-refractivity contribution < 1.29 is 9.13 Å². The van der Waals surface area contributed by atoms with Crippen LogP contribution in [-0.4, -0.2) is 13.2 Å². The maximum Gasteiger partial charge on any atom is 0.165 e. The third-order valence-corrected chi connectivity index (χ3v) is 4.53. The highest BCUT2D eigenvalue weighted by Gasteiger charge is 2.34. The molecule has 1 aliphatic carbocycles. The Kier molecular flexibility index (Phi) is 4.92. The number of hydrogen-bond donors (Lipinski definition) is 1. The van der Waals surface area contributed by atoms with Crippen molar-refractivity contribution in [3.05, 3.63) is 29.6 Å². The third-order valence-electron chi connectivity index (χ3n) is 4.53. The summed E-state index contributed by atoms with van der Waals surface area (Å²) in [5.74, 6) is 0.788. The van der Waals surface area contributed by atoms with Crippen LogP contribution in [0.2, 0.25) is 0 Å². The molecule has 0 aromatic heterocycles. The minimum absolute atomic E-state index is 0.0738. The first-order chi connectivity index (χ1) is 9.82. The molecule has 1 aromatic carbocycles. The quantitative estimate of drug-likeness (QED) is 0.869. The summed E-state index contributed by atoms with van der Waals surface area (Å²) in [7, 11) is 1.88. The van der Waals surface area contributed by atoms with Gasteiger partial charge in [-0.15, -0.1) is 0 Å². The number of halogens is 1. The molecule has 2 rings (SSSR count). The Morgan fingerprint density at radius 2 is 2.05 bits per heavy atom. The zero-order chi connectivity index (χ0) is 15.6. The van der Waals surface area contributed by atoms with E-state index in [2.05, 4.69) is 26.1 Å². The van der Waals surface area contributed by atoms with Gasteiger partial charge in [-0.1, -0.05) is 32.9 Å². The van der Waals surface area contributed by atoms with Crippen molar-refractivity contribution >= 4 is 0 Å². The fourth-order valence-electron chi connectivity index (χ4n) is 3.66. The predicted molar refractivity (Wildman–Crippen MR) is 85.1 cm³/mol. The Hall–Kier alpha value is -1.09. The van der Waals surface area contributed by atoms with Crippen LogP contribution in [0, 0.1) is 17.2 Å². The van der Waals surface area contributed by atoms with Gasteiger partial charge in [-0.2, -0.15) is 0 Å². The minimum Gasteiger partial charge on any atom is -0.487 e. The van der Waals surface area contributed by atoms with Gasteiger partial charge < -0.3 is 10.1 Å². The highest BCUT2D eigenvalue weighted by Crippen LogP contribution is 2.41. The van der Waals surface area contributed by atoms with Gasteiger partial charge in [-0.3, -0.25) is 0 Å². The second kappa shape index (κ2) is 6.35. The Morgan fingerprint density at radius 1 is 1.33 bits per heavy atom. The lowest BCUT2D eigenvalue weighted by Crippen LogP contribution is -2.34. The van der Waals surface area contributed by atoms with Crippen molar-refractivity contribution in [2.75, 3.05) is 7.05 Å². The van der Waals surface area contributed by atoms with Gasteiger partial charge in [0.25, 0.3) is 0 Å². The summed E-state index contributed by atoms with van der Waals surface area (Å²) < 4.78 is 20.4. The maximum absolute atomic E-state index is 14.2. The number of rotatable bonds is 4. The largest absolute Gasteiger partial charge is 0.487 e. The van der Waals surface area contributed by atoms with Crippen molar-refractivity contribution in [3.63, 3.8) is 0 Å². The molecule has 1 aliphatic rings. The van der Waals surface area contributed by atoms with E-state index in [-0.39, 0.29) is 23.4 Å². The van der Waals surface area contributed by atoms with E-state index in [0.29, 0.717) is 11.7 Å². The van der Waals surface area contributed by atoms with E-state index < -0.39 is 0 Å². The average Bonchev–Trinajstić information content (AvgIpc) is 2.38. The second-order valence-electron chi connectivity index (χ2n) is 7.32. The average molecular weight is 293 g/mol. The number of benzene rings is 1. The standard InChI is InChI=1S/C18H28FNO/c1-12-9-14(11-18(3,4)10-12)21-17-15(13(2)20-5)7-6-8-16(17)19/h6-8,12-14,20H,9-11H2,1-5H3. The first kappa shape index (κ1) is 16.3. The maximum atomic E-state index is 14.2. The summed E-state index contributed by atoms with van der Waals surface area (Å²) in [6, 6.07) is 5.25. The van der Waals surface area contributed by atoms with Gasteiger partial charge in [-0.05, 0) is 50.6 Å². The van der Waals surface area contributed by atoms with E-state index in [1.54, 1.807) is 6.07 Å². The molecule has 2 nitrogen and oxygen atoms in total. The predicted octanol–water partition coefficient (Wildman–Crippen LogP) is 4.70. The fraction of sp³-hybridized carbons (Fsp3) is 0.667. The molecule has 0 radical (unpaired) electrons. The first-order valence-corrected chi connectivity index (χ1v) is 7.94. The minimum atomic E-state index is -0.259. The van der Waals surface area contributed by atoms with Crippen LogP contribution >= 0.6 is 0 Å². The Morgan fingerprint density at radius 3 is 2.67 bits per heavy atom. The Balaban J connectivity index is 2.23. The summed E-state index contributed by atoms with van der Waals surface area (Å²) in [5.41, 5.74) is 1.16. The Bertz CT molecular complexity index is 486. The summed E-state index contributed by atoms with van der Waals surface area (Å²) in [5, 5.41) is 3.16. The van der Waals surface area contributed by atoms with Crippen LogP contribution in [0.1, 0.15) is 58.6 Å². The third kappa shape index (κ3) is 3.97. The van der Waals surface area contributed by atoms with Crippen LogP contribution in [0.15, 0.2) is 18.2 Å². The molecule has 0 saturated heterocycles. The van der Waals surface area contributed by atoms with Crippen LogP contribution in [0.4, 0.5) is 4.39 Å². The molecular weight excluding hydrogens is 265 g/mol. The van der Waals surface area contributed by atoms with E-state index in [9.17, 15) is 4.39 Å². The van der Waals surface area contributed by atoms with Gasteiger partial charge in [0, 0.05) is 11.6 Å². The van der Waals surface area contributed by atoms with E-state index in [4.69, 9.17) is 4.74 Å². The van der Waals surface area contributed by atoms with Crippen molar-refractivity contribution in [1.82, 2.24) is 5.32 Å². The second-order valence-corrected chi connectivity index (χ2v) is 7.32. The van der Waals surface area contributed by atoms with Crippen LogP contribution < -0.4 is 10.1 Å². The van der Waals surface area contributed by atoms with E-state index in [1.165, 1.54) is 12.5 Å². The normalized spacial score (nSPS) is 26.4. The van der Waals surface area contributed by atoms with Crippen LogP contribution in [0.5, 0.6) is 5.75 Å². The van der Waals surface area contributed by atoms with Gasteiger partial charge in [0.1, 0.15) is 0 Å². The monoisotopic (exact) mass is 293 g/mol. The molecule has 1 aromatic rings. The summed E-state index contributed by atoms with van der Waals surface area (Å²) >= 11 is 0. The van der Waals surface area contributed by atoms with Gasteiger partial charge in [0.2, 0.25) is 0 Å². The molecule has 21 heavy (non-hydrogen) atoms. The van der Waals surface area contributed by atoms with E-state index in [1.807, 2.05) is 20.0 Å². The smallest absolute Gasteiger partial charge is 0.165 e. The first-order valence-electron chi connectivity index (χ1n) is 7.94. The number of ether oxygens (including phenoxy) is 1. The van der Waals surface area contributed by atoms with Crippen LogP contribution in [0.3, 0.4) is 0 Å². The SMILES string of the molecule is CNC(C)c1cccc(F)c1OC1CC(C)CC(C)(C)C1. The van der Waals surface area contributed by atoms with Gasteiger partial charge in [0.05, 0.1) is 6.10 Å². The molecule has 118 valence electrons. The van der Waals surface area contributed by atoms with Gasteiger partial charge in [0.15, 0.2) is 11.6 Å². The van der Waals surface area contributed by atoms with E-state index >= 15 is 0 Å². The summed E-state index contributed by atoms with van der Waals surface area (Å²) in [6.07, 6.45) is 3.30. The lowest BCUT2D eigenvalue weighted by atomic mass is 9.71. The fourth-order valence-corrected chi connectivity index (χ4v) is 3.66. The molecule has 3 heteroatoms. The van der Waals surface area contributed by atoms with Crippen molar-refractivity contribution in [3.8, 4) is 5.75 Å². The lowest BCUT2D eigenvalue weighted by molar-refractivity contribution is 0.0526. The molecule has 1 N–H and O–H groups in total. The van der Waals surface area contributed by atoms with Gasteiger partial charge >= 0.3 is 0 Å². The van der Waals surface area contributed by atoms with Crippen LogP contribution in [-0.2, 0) is 0 Å². The molecule has 0 bridgehead atoms. The molecule has 1 saturated carbocycles. The number of para-hydroxylation sites is 1. The highest BCUT2D eigenvalue weighted by molar-refractivity contribution is 5.37. The number of nitrogens with one attached hydrogen (secondary N) is 1. The molecule has 3 atom stereocenters. The van der Waals surface area contributed by atoms with Crippen molar-refractivity contribution in [2.45, 2.75) is 59.1 Å². The lowest BCUT2D eigenvalue weighted by Gasteiger charge is -2.39. The van der Waals surface area contributed by atoms with Crippen molar-refractivity contribution in [2.24, 2.45) is 11.3 Å². The molecular formula is C18H28FNO. The van der Waals surface area contributed by atoms with Crippen molar-refractivity contribution in [1.29, 1.82) is 0 Å². The molecule has 0 spiro atoms. The summed E-state index contributed by atoms with van der Waals surface area (Å²) in [6.45, 7) is 8.83. The molecule has 1 fully saturated rings.